The summed E-state index contributed by atoms with van der Waals surface area (Å²) in [4.78, 5) is 0.144. The number of rotatable bonds is 5. The van der Waals surface area contributed by atoms with Gasteiger partial charge in [0, 0.05) is 18.6 Å². The van der Waals surface area contributed by atoms with Crippen molar-refractivity contribution < 1.29 is 13.5 Å². The maximum Gasteiger partial charge on any atom is 0.240 e. The van der Waals surface area contributed by atoms with Crippen LogP contribution < -0.4 is 4.72 Å². The molecule has 1 aliphatic rings. The van der Waals surface area contributed by atoms with Gasteiger partial charge in [-0.25, -0.2) is 13.1 Å². The number of aliphatic hydroxyl groups is 1. The Balaban J connectivity index is 2.08. The third-order valence-electron chi connectivity index (χ3n) is 4.18. The molecule has 2 N–H and O–H groups in total. The van der Waals surface area contributed by atoms with Crippen molar-refractivity contribution in [1.82, 2.24) is 4.72 Å². The second-order valence-corrected chi connectivity index (χ2v) is 7.45. The minimum Gasteiger partial charge on any atom is -0.396 e. The summed E-state index contributed by atoms with van der Waals surface area (Å²) in [7, 11) is -3.60. The molecule has 1 aromatic rings. The summed E-state index contributed by atoms with van der Waals surface area (Å²) in [6.07, 6.45) is 4.89. The molecule has 1 saturated carbocycles. The van der Waals surface area contributed by atoms with E-state index < -0.39 is 10.0 Å². The second-order valence-electron chi connectivity index (χ2n) is 5.68. The zero-order chi connectivity index (χ0) is 15.3. The predicted molar refractivity (Wildman–Crippen MR) is 78.9 cm³/mol. The average Bonchev–Trinajstić information content (AvgIpc) is 2.54. The van der Waals surface area contributed by atoms with Gasteiger partial charge in [-0.05, 0) is 37.1 Å². The van der Waals surface area contributed by atoms with E-state index in [1.807, 2.05) is 6.07 Å². The molecule has 0 bridgehead atoms. The molecule has 0 heterocycles. The van der Waals surface area contributed by atoms with Gasteiger partial charge in [-0.3, -0.25) is 0 Å². The van der Waals surface area contributed by atoms with Crippen LogP contribution in [0.25, 0.3) is 0 Å². The fraction of sp³-hybridized carbons (Fsp3) is 0.533. The topological polar surface area (TPSA) is 90.2 Å². The Bertz CT molecular complexity index is 611. The van der Waals surface area contributed by atoms with E-state index in [-0.39, 0.29) is 23.5 Å². The van der Waals surface area contributed by atoms with Crippen LogP contribution in [0.1, 0.15) is 37.7 Å². The summed E-state index contributed by atoms with van der Waals surface area (Å²) in [5, 5.41) is 18.3. The number of nitriles is 1. The summed E-state index contributed by atoms with van der Waals surface area (Å²) in [5.74, 6) is 0. The van der Waals surface area contributed by atoms with Crippen molar-refractivity contribution in [2.75, 3.05) is 13.2 Å². The monoisotopic (exact) mass is 308 g/mol. The van der Waals surface area contributed by atoms with Crippen LogP contribution in [-0.4, -0.2) is 26.7 Å². The van der Waals surface area contributed by atoms with Crippen molar-refractivity contribution in [3.8, 4) is 6.07 Å². The first kappa shape index (κ1) is 16.0. The molecule has 1 aromatic carbocycles. The minimum absolute atomic E-state index is 0.00287. The lowest BCUT2D eigenvalue weighted by Crippen LogP contribution is -2.41. The van der Waals surface area contributed by atoms with Crippen LogP contribution in [0.4, 0.5) is 0 Å². The second kappa shape index (κ2) is 6.56. The van der Waals surface area contributed by atoms with Crippen molar-refractivity contribution in [2.45, 2.75) is 37.0 Å². The van der Waals surface area contributed by atoms with Crippen LogP contribution in [0.5, 0.6) is 0 Å². The maximum atomic E-state index is 12.3. The van der Waals surface area contributed by atoms with E-state index in [4.69, 9.17) is 5.26 Å². The zero-order valence-electron chi connectivity index (χ0n) is 11.9. The Labute approximate surface area is 125 Å². The number of hydrogen-bond acceptors (Lipinski definition) is 4. The minimum atomic E-state index is -3.60. The molecule has 0 saturated heterocycles. The predicted octanol–water partition coefficient (Wildman–Crippen LogP) is 1.78. The van der Waals surface area contributed by atoms with Gasteiger partial charge >= 0.3 is 0 Å². The highest BCUT2D eigenvalue weighted by Crippen LogP contribution is 2.35. The van der Waals surface area contributed by atoms with Gasteiger partial charge in [0.25, 0.3) is 0 Å². The van der Waals surface area contributed by atoms with Gasteiger partial charge in [-0.1, -0.05) is 19.3 Å². The Morgan fingerprint density at radius 3 is 2.33 bits per heavy atom. The van der Waals surface area contributed by atoms with E-state index in [1.165, 1.54) is 24.3 Å². The third-order valence-corrected chi connectivity index (χ3v) is 5.60. The lowest BCUT2D eigenvalue weighted by atomic mass is 9.75. The molecule has 6 heteroatoms. The summed E-state index contributed by atoms with van der Waals surface area (Å²) < 4.78 is 27.1. The Morgan fingerprint density at radius 1 is 1.19 bits per heavy atom. The molecule has 0 unspecified atom stereocenters. The standard InChI is InChI=1S/C15H20N2O3S/c16-10-13-4-6-14(7-5-13)21(19,20)17-11-15(12-18)8-2-1-3-9-15/h4-7,17-18H,1-3,8-9,11-12H2. The van der Waals surface area contributed by atoms with E-state index in [0.717, 1.165) is 32.1 Å². The van der Waals surface area contributed by atoms with Crippen molar-refractivity contribution >= 4 is 10.0 Å². The number of benzene rings is 1. The summed E-state index contributed by atoms with van der Waals surface area (Å²) in [6.45, 7) is 0.259. The van der Waals surface area contributed by atoms with Crippen molar-refractivity contribution in [3.63, 3.8) is 0 Å². The molecule has 21 heavy (non-hydrogen) atoms. The first-order valence-corrected chi connectivity index (χ1v) is 8.60. The first-order valence-electron chi connectivity index (χ1n) is 7.12. The lowest BCUT2D eigenvalue weighted by Gasteiger charge is -2.35. The van der Waals surface area contributed by atoms with Crippen molar-refractivity contribution in [2.24, 2.45) is 5.41 Å². The van der Waals surface area contributed by atoms with Gasteiger partial charge < -0.3 is 5.11 Å². The molecular formula is C15H20N2O3S. The molecule has 0 aromatic heterocycles. The van der Waals surface area contributed by atoms with E-state index in [1.54, 1.807) is 0 Å². The van der Waals surface area contributed by atoms with Gasteiger partial charge in [-0.15, -0.1) is 0 Å². The smallest absolute Gasteiger partial charge is 0.240 e. The largest absolute Gasteiger partial charge is 0.396 e. The van der Waals surface area contributed by atoms with Gasteiger partial charge in [-0.2, -0.15) is 5.26 Å². The highest BCUT2D eigenvalue weighted by Gasteiger charge is 2.32. The van der Waals surface area contributed by atoms with Crippen molar-refractivity contribution in [1.29, 1.82) is 5.26 Å². The van der Waals surface area contributed by atoms with Gasteiger partial charge in [0.2, 0.25) is 10.0 Å². The quantitative estimate of drug-likeness (QED) is 0.867. The Morgan fingerprint density at radius 2 is 1.81 bits per heavy atom. The van der Waals surface area contributed by atoms with Crippen LogP contribution in [0, 0.1) is 16.7 Å². The Hall–Kier alpha value is -1.42. The number of nitrogens with zero attached hydrogens (tertiary/aromatic N) is 1. The molecule has 0 atom stereocenters. The SMILES string of the molecule is N#Cc1ccc(S(=O)(=O)NCC2(CO)CCCCC2)cc1. The number of sulfonamides is 1. The van der Waals surface area contributed by atoms with Crippen LogP contribution in [0.3, 0.4) is 0 Å². The van der Waals surface area contributed by atoms with Crippen LogP contribution >= 0.6 is 0 Å². The van der Waals surface area contributed by atoms with Crippen molar-refractivity contribution in [3.05, 3.63) is 29.8 Å². The average molecular weight is 308 g/mol. The molecule has 1 aliphatic carbocycles. The normalized spacial score (nSPS) is 18.1. The van der Waals surface area contributed by atoms with Gasteiger partial charge in [0.1, 0.15) is 0 Å². The Kier molecular flexibility index (Phi) is 4.99. The summed E-state index contributed by atoms with van der Waals surface area (Å²) in [6, 6.07) is 7.77. The highest BCUT2D eigenvalue weighted by atomic mass is 32.2. The summed E-state index contributed by atoms with van der Waals surface area (Å²) in [5.41, 5.74) is 0.0887. The maximum absolute atomic E-state index is 12.3. The van der Waals surface area contributed by atoms with E-state index in [2.05, 4.69) is 4.72 Å². The molecular weight excluding hydrogens is 288 g/mol. The molecule has 0 aliphatic heterocycles. The molecule has 5 nitrogen and oxygen atoms in total. The van der Waals surface area contributed by atoms with E-state index >= 15 is 0 Å². The summed E-state index contributed by atoms with van der Waals surface area (Å²) >= 11 is 0. The molecule has 2 rings (SSSR count). The van der Waals surface area contributed by atoms with E-state index in [0.29, 0.717) is 5.56 Å². The van der Waals surface area contributed by atoms with Gasteiger partial charge in [0.05, 0.1) is 16.5 Å². The first-order chi connectivity index (χ1) is 10.0. The molecule has 0 spiro atoms. The number of nitrogens with one attached hydrogen (secondary N) is 1. The highest BCUT2D eigenvalue weighted by molar-refractivity contribution is 7.89. The van der Waals surface area contributed by atoms with Crippen LogP contribution in [0.15, 0.2) is 29.2 Å². The molecule has 0 radical (unpaired) electrons. The van der Waals surface area contributed by atoms with Crippen LogP contribution in [0.2, 0.25) is 0 Å². The number of aliphatic hydroxyl groups excluding tert-OH is 1. The fourth-order valence-corrected chi connectivity index (χ4v) is 3.89. The molecule has 114 valence electrons. The van der Waals surface area contributed by atoms with Crippen LogP contribution in [-0.2, 0) is 10.0 Å². The zero-order valence-corrected chi connectivity index (χ0v) is 12.7. The molecule has 1 fully saturated rings. The molecule has 0 amide bonds. The van der Waals surface area contributed by atoms with E-state index in [9.17, 15) is 13.5 Å². The fourth-order valence-electron chi connectivity index (χ4n) is 2.73. The third kappa shape index (κ3) is 3.82. The lowest BCUT2D eigenvalue weighted by molar-refractivity contribution is 0.0867. The number of hydrogen-bond donors (Lipinski definition) is 2. The van der Waals surface area contributed by atoms with Gasteiger partial charge in [0.15, 0.2) is 0 Å².